The normalized spacial score (nSPS) is 20.4. The van der Waals surface area contributed by atoms with Gasteiger partial charge in [0.2, 0.25) is 0 Å². The van der Waals surface area contributed by atoms with Crippen molar-refractivity contribution in [3.05, 3.63) is 16.9 Å². The van der Waals surface area contributed by atoms with E-state index in [2.05, 4.69) is 47.8 Å². The zero-order valence-electron chi connectivity index (χ0n) is 8.75. The molecule has 0 unspecified atom stereocenters. The number of hydrogen-bond acceptors (Lipinski definition) is 1. The molecule has 0 saturated heterocycles. The predicted octanol–water partition coefficient (Wildman–Crippen LogP) is 3.99. The van der Waals surface area contributed by atoms with Crippen molar-refractivity contribution < 1.29 is 0 Å². The zero-order chi connectivity index (χ0) is 10.7. The summed E-state index contributed by atoms with van der Waals surface area (Å²) in [5, 5.41) is 5.45. The third-order valence-corrected chi connectivity index (χ3v) is 4.90. The number of alkyl halides is 1. The van der Waals surface area contributed by atoms with Crippen molar-refractivity contribution in [2.45, 2.75) is 38.6 Å². The molecule has 0 amide bonds. The smallest absolute Gasteiger partial charge is 0.0632 e. The van der Waals surface area contributed by atoms with Crippen molar-refractivity contribution in [3.8, 4) is 0 Å². The summed E-state index contributed by atoms with van der Waals surface area (Å²) in [6.45, 7) is 1.05. The molecule has 84 valence electrons. The van der Waals surface area contributed by atoms with Crippen LogP contribution in [0.3, 0.4) is 0 Å². The minimum absolute atomic E-state index is 0.434. The lowest BCUT2D eigenvalue weighted by Crippen LogP contribution is -2.31. The van der Waals surface area contributed by atoms with Crippen molar-refractivity contribution in [2.75, 3.05) is 5.33 Å². The monoisotopic (exact) mass is 334 g/mol. The van der Waals surface area contributed by atoms with Crippen LogP contribution < -0.4 is 0 Å². The zero-order valence-corrected chi connectivity index (χ0v) is 11.9. The third kappa shape index (κ3) is 2.84. The van der Waals surface area contributed by atoms with Crippen molar-refractivity contribution in [2.24, 2.45) is 5.41 Å². The minimum atomic E-state index is 0.434. The number of halogens is 2. The summed E-state index contributed by atoms with van der Waals surface area (Å²) < 4.78 is 3.14. The van der Waals surface area contributed by atoms with Crippen LogP contribution in [0.15, 0.2) is 16.9 Å². The summed E-state index contributed by atoms with van der Waals surface area (Å²) in [5.41, 5.74) is 0.434. The van der Waals surface area contributed by atoms with Gasteiger partial charge in [-0.05, 0) is 34.2 Å². The van der Waals surface area contributed by atoms with Crippen molar-refractivity contribution in [1.29, 1.82) is 0 Å². The molecule has 0 aromatic carbocycles. The van der Waals surface area contributed by atoms with E-state index in [1.165, 1.54) is 32.1 Å². The van der Waals surface area contributed by atoms with E-state index >= 15 is 0 Å². The maximum absolute atomic E-state index is 4.35. The molecule has 0 radical (unpaired) electrons. The molecular weight excluding hydrogens is 320 g/mol. The molecule has 15 heavy (non-hydrogen) atoms. The van der Waals surface area contributed by atoms with Gasteiger partial charge in [-0.1, -0.05) is 35.2 Å². The fraction of sp³-hybridized carbons (Fsp3) is 0.727. The van der Waals surface area contributed by atoms with E-state index in [0.29, 0.717) is 5.41 Å². The molecule has 0 bridgehead atoms. The van der Waals surface area contributed by atoms with Gasteiger partial charge in [-0.3, -0.25) is 4.68 Å². The molecule has 0 N–H and O–H groups in total. The van der Waals surface area contributed by atoms with Crippen LogP contribution in [0.4, 0.5) is 0 Å². The summed E-state index contributed by atoms with van der Waals surface area (Å²) in [7, 11) is 0. The number of rotatable bonds is 3. The van der Waals surface area contributed by atoms with Crippen LogP contribution in [0, 0.1) is 5.41 Å². The largest absolute Gasteiger partial charge is 0.271 e. The lowest BCUT2D eigenvalue weighted by molar-refractivity contribution is 0.183. The highest BCUT2D eigenvalue weighted by atomic mass is 79.9. The van der Waals surface area contributed by atoms with Gasteiger partial charge in [-0.15, -0.1) is 0 Å². The highest BCUT2D eigenvalue weighted by Crippen LogP contribution is 2.39. The lowest BCUT2D eigenvalue weighted by atomic mass is 9.76. The van der Waals surface area contributed by atoms with Crippen molar-refractivity contribution in [1.82, 2.24) is 9.78 Å². The first-order valence-corrected chi connectivity index (χ1v) is 7.39. The van der Waals surface area contributed by atoms with Gasteiger partial charge < -0.3 is 0 Å². The summed E-state index contributed by atoms with van der Waals surface area (Å²) in [4.78, 5) is 0. The molecule has 1 aliphatic rings. The van der Waals surface area contributed by atoms with E-state index in [1.807, 2.05) is 6.20 Å². The van der Waals surface area contributed by atoms with Gasteiger partial charge in [0, 0.05) is 18.1 Å². The Morgan fingerprint density at radius 2 is 2.07 bits per heavy atom. The van der Waals surface area contributed by atoms with Crippen LogP contribution in [0.25, 0.3) is 0 Å². The Morgan fingerprint density at radius 3 is 2.60 bits per heavy atom. The van der Waals surface area contributed by atoms with E-state index in [9.17, 15) is 0 Å². The molecule has 1 aliphatic carbocycles. The van der Waals surface area contributed by atoms with Crippen LogP contribution in [-0.2, 0) is 6.54 Å². The Hall–Kier alpha value is 0.170. The molecule has 0 aliphatic heterocycles. The predicted molar refractivity (Wildman–Crippen MR) is 69.2 cm³/mol. The van der Waals surface area contributed by atoms with Gasteiger partial charge in [-0.25, -0.2) is 0 Å². The number of aromatic nitrogens is 2. The van der Waals surface area contributed by atoms with Gasteiger partial charge in [0.1, 0.15) is 0 Å². The standard InChI is InChI=1S/C11H16Br2N2/c12-8-11(4-2-1-3-5-11)9-15-7-10(13)6-14-15/h6-7H,1-5,8-9H2. The van der Waals surface area contributed by atoms with Crippen molar-refractivity contribution >= 4 is 31.9 Å². The van der Waals surface area contributed by atoms with E-state index in [0.717, 1.165) is 16.3 Å². The summed E-state index contributed by atoms with van der Waals surface area (Å²) >= 11 is 7.12. The molecule has 4 heteroatoms. The van der Waals surface area contributed by atoms with Gasteiger partial charge >= 0.3 is 0 Å². The Bertz CT molecular complexity index is 316. The number of nitrogens with zero attached hydrogens (tertiary/aromatic N) is 2. The molecule has 1 aromatic rings. The first kappa shape index (κ1) is 11.6. The highest BCUT2D eigenvalue weighted by molar-refractivity contribution is 9.10. The molecule has 1 saturated carbocycles. The summed E-state index contributed by atoms with van der Waals surface area (Å²) in [6, 6.07) is 0. The first-order valence-electron chi connectivity index (χ1n) is 5.48. The van der Waals surface area contributed by atoms with Crippen molar-refractivity contribution in [3.63, 3.8) is 0 Å². The molecular formula is C11H16Br2N2. The maximum atomic E-state index is 4.35. The van der Waals surface area contributed by atoms with Crippen LogP contribution >= 0.6 is 31.9 Å². The summed E-state index contributed by atoms with van der Waals surface area (Å²) in [5.74, 6) is 0. The Morgan fingerprint density at radius 1 is 1.33 bits per heavy atom. The van der Waals surface area contributed by atoms with Crippen LogP contribution in [-0.4, -0.2) is 15.1 Å². The second-order valence-electron chi connectivity index (χ2n) is 4.55. The molecule has 1 aromatic heterocycles. The first-order chi connectivity index (χ1) is 7.24. The molecule has 0 spiro atoms. The second-order valence-corrected chi connectivity index (χ2v) is 6.03. The maximum Gasteiger partial charge on any atom is 0.0632 e. The van der Waals surface area contributed by atoms with E-state index in [4.69, 9.17) is 0 Å². The van der Waals surface area contributed by atoms with E-state index in [-0.39, 0.29) is 0 Å². The van der Waals surface area contributed by atoms with E-state index < -0.39 is 0 Å². The molecule has 0 atom stereocenters. The van der Waals surface area contributed by atoms with Crippen LogP contribution in [0.5, 0.6) is 0 Å². The fourth-order valence-electron chi connectivity index (χ4n) is 2.40. The quantitative estimate of drug-likeness (QED) is 0.763. The average Bonchev–Trinajstić information content (AvgIpc) is 2.65. The molecule has 1 fully saturated rings. The molecule has 2 rings (SSSR count). The number of hydrogen-bond donors (Lipinski definition) is 0. The fourth-order valence-corrected chi connectivity index (χ4v) is 3.47. The SMILES string of the molecule is BrCC1(Cn2cc(Br)cn2)CCCCC1. The van der Waals surface area contributed by atoms with Gasteiger partial charge in [0.25, 0.3) is 0 Å². The third-order valence-electron chi connectivity index (χ3n) is 3.30. The topological polar surface area (TPSA) is 17.8 Å². The second kappa shape index (κ2) is 5.00. The van der Waals surface area contributed by atoms with Gasteiger partial charge in [0.05, 0.1) is 10.7 Å². The lowest BCUT2D eigenvalue weighted by Gasteiger charge is -2.35. The molecule has 2 nitrogen and oxygen atoms in total. The highest BCUT2D eigenvalue weighted by Gasteiger charge is 2.31. The Balaban J connectivity index is 2.06. The van der Waals surface area contributed by atoms with E-state index in [1.54, 1.807) is 0 Å². The van der Waals surface area contributed by atoms with Gasteiger partial charge in [-0.2, -0.15) is 5.10 Å². The van der Waals surface area contributed by atoms with Gasteiger partial charge in [0.15, 0.2) is 0 Å². The van der Waals surface area contributed by atoms with Crippen LogP contribution in [0.1, 0.15) is 32.1 Å². The minimum Gasteiger partial charge on any atom is -0.271 e. The molecule has 1 heterocycles. The average molecular weight is 336 g/mol. The van der Waals surface area contributed by atoms with Crippen LogP contribution in [0.2, 0.25) is 0 Å². The Labute approximate surface area is 108 Å². The summed E-state index contributed by atoms with van der Waals surface area (Å²) in [6.07, 6.45) is 10.7. The Kier molecular flexibility index (Phi) is 3.88.